The molecule has 1 heterocycles. The van der Waals surface area contributed by atoms with Crippen LogP contribution < -0.4 is 9.47 Å². The van der Waals surface area contributed by atoms with E-state index in [2.05, 4.69) is 36.3 Å². The number of rotatable bonds is 7. The van der Waals surface area contributed by atoms with Gasteiger partial charge >= 0.3 is 5.91 Å². The molecule has 10 heteroatoms. The monoisotopic (exact) mass is 460 g/mol. The third kappa shape index (κ3) is 4.91. The summed E-state index contributed by atoms with van der Waals surface area (Å²) < 4.78 is 11.2. The van der Waals surface area contributed by atoms with E-state index in [1.54, 1.807) is 37.4 Å². The lowest BCUT2D eigenvalue weighted by Crippen LogP contribution is -2.01. The number of oxime groups is 1. The van der Waals surface area contributed by atoms with Gasteiger partial charge in [0.15, 0.2) is 23.8 Å². The van der Waals surface area contributed by atoms with Crippen LogP contribution in [0.15, 0.2) is 56.3 Å². The second-order valence-electron chi connectivity index (χ2n) is 5.73. The van der Waals surface area contributed by atoms with Crippen molar-refractivity contribution in [3.8, 4) is 17.4 Å². The Balaban J connectivity index is 1.60. The first-order chi connectivity index (χ1) is 14.0. The number of amides is 1. The fraction of sp³-hybridized carbons (Fsp3) is 0.158. The van der Waals surface area contributed by atoms with Crippen LogP contribution in [0, 0.1) is 0 Å². The van der Waals surface area contributed by atoms with Gasteiger partial charge in [-0.1, -0.05) is 21.1 Å². The highest BCUT2D eigenvalue weighted by Gasteiger charge is 2.11. The Morgan fingerprint density at radius 1 is 1.17 bits per heavy atom. The van der Waals surface area contributed by atoms with Crippen LogP contribution in [0.25, 0.3) is 10.9 Å². The number of carbonyl (C=O) groups is 1. The number of nitrogens with zero attached hydrogens (tertiary/aromatic N) is 3. The van der Waals surface area contributed by atoms with Gasteiger partial charge in [-0.3, -0.25) is 4.79 Å². The lowest BCUT2D eigenvalue weighted by atomic mass is 10.2. The molecule has 0 saturated heterocycles. The molecule has 0 spiro atoms. The molecule has 0 atom stereocenters. The second-order valence-corrected chi connectivity index (χ2v) is 6.64. The molecular formula is C19H17BrN4O5. The average molecular weight is 461 g/mol. The molecule has 0 aliphatic carbocycles. The molecule has 3 aromatic rings. The highest BCUT2D eigenvalue weighted by atomic mass is 79.9. The Morgan fingerprint density at radius 3 is 2.72 bits per heavy atom. The number of H-pyrrole nitrogens is 1. The number of hydrogen-bond donors (Lipinski definition) is 2. The van der Waals surface area contributed by atoms with E-state index in [1.165, 1.54) is 13.3 Å². The van der Waals surface area contributed by atoms with Crippen molar-refractivity contribution in [2.75, 3.05) is 20.8 Å². The topological polar surface area (TPSA) is 118 Å². The predicted octanol–water partition coefficient (Wildman–Crippen LogP) is 4.31. The van der Waals surface area contributed by atoms with E-state index >= 15 is 0 Å². The number of aromatic nitrogens is 1. The molecule has 29 heavy (non-hydrogen) atoms. The molecule has 9 nitrogen and oxygen atoms in total. The zero-order valence-corrected chi connectivity index (χ0v) is 17.1. The highest BCUT2D eigenvalue weighted by Crippen LogP contribution is 2.36. The number of methoxy groups -OCH3 is 2. The zero-order valence-electron chi connectivity index (χ0n) is 15.5. The normalized spacial score (nSPS) is 11.4. The minimum atomic E-state index is -0.654. The Morgan fingerprint density at radius 2 is 1.97 bits per heavy atom. The van der Waals surface area contributed by atoms with Crippen LogP contribution in [-0.2, 0) is 9.63 Å². The van der Waals surface area contributed by atoms with E-state index in [1.807, 2.05) is 6.07 Å². The first kappa shape index (κ1) is 20.3. The summed E-state index contributed by atoms with van der Waals surface area (Å²) in [5, 5.41) is 21.7. The fourth-order valence-electron chi connectivity index (χ4n) is 2.50. The first-order valence-corrected chi connectivity index (χ1v) is 9.13. The Hall–Kier alpha value is -3.40. The van der Waals surface area contributed by atoms with Gasteiger partial charge in [-0.2, -0.15) is 0 Å². The molecule has 0 fully saturated rings. The van der Waals surface area contributed by atoms with Crippen LogP contribution >= 0.6 is 15.9 Å². The van der Waals surface area contributed by atoms with Gasteiger partial charge in [-0.25, -0.2) is 0 Å². The minimum absolute atomic E-state index is 0.170. The maximum Gasteiger partial charge on any atom is 0.304 e. The first-order valence-electron chi connectivity index (χ1n) is 8.34. The van der Waals surface area contributed by atoms with Crippen LogP contribution in [-0.4, -0.2) is 43.0 Å². The largest absolute Gasteiger partial charge is 0.493 e. The summed E-state index contributed by atoms with van der Waals surface area (Å²) in [6.45, 7) is -0.403. The molecule has 1 aromatic heterocycles. The van der Waals surface area contributed by atoms with Crippen LogP contribution in [0.2, 0.25) is 0 Å². The SMILES string of the molecule is COc1ccc(C=NOCC(=O)N=Nc2c(O)[nH]c3ccc(Br)cc23)cc1OC. The standard InChI is InChI=1S/C19H17BrN4O5/c1-27-15-6-3-11(7-16(15)28-2)9-21-29-10-17(25)23-24-18-13-8-12(20)4-5-14(13)22-19(18)26/h3-9,22,26H,10H2,1-2H3. The molecule has 0 saturated carbocycles. The Labute approximate surface area is 174 Å². The Bertz CT molecular complexity index is 1090. The van der Waals surface area contributed by atoms with Crippen LogP contribution in [0.4, 0.5) is 5.69 Å². The van der Waals surface area contributed by atoms with Crippen LogP contribution in [0.1, 0.15) is 5.56 Å². The molecule has 1 amide bonds. The summed E-state index contributed by atoms with van der Waals surface area (Å²) >= 11 is 3.35. The van der Waals surface area contributed by atoms with Crippen LogP contribution in [0.3, 0.4) is 0 Å². The van der Waals surface area contributed by atoms with E-state index in [-0.39, 0.29) is 11.6 Å². The molecular weight excluding hydrogens is 444 g/mol. The quantitative estimate of drug-likeness (QED) is 0.309. The van der Waals surface area contributed by atoms with Crippen molar-refractivity contribution < 1.29 is 24.2 Å². The number of ether oxygens (including phenoxy) is 2. The lowest BCUT2D eigenvalue weighted by molar-refractivity contribution is -0.122. The number of aromatic amines is 1. The highest BCUT2D eigenvalue weighted by molar-refractivity contribution is 9.10. The molecule has 0 radical (unpaired) electrons. The summed E-state index contributed by atoms with van der Waals surface area (Å²) in [6.07, 6.45) is 1.43. The summed E-state index contributed by atoms with van der Waals surface area (Å²) in [5.74, 6) is 0.306. The van der Waals surface area contributed by atoms with Gasteiger partial charge in [-0.05, 0) is 36.4 Å². The number of fused-ring (bicyclic) bond motifs is 1. The van der Waals surface area contributed by atoms with E-state index in [9.17, 15) is 9.90 Å². The molecule has 3 rings (SSSR count). The van der Waals surface area contributed by atoms with Gasteiger partial charge in [0, 0.05) is 15.4 Å². The molecule has 2 N–H and O–H groups in total. The van der Waals surface area contributed by atoms with Gasteiger partial charge in [0.1, 0.15) is 0 Å². The number of aromatic hydroxyl groups is 1. The fourth-order valence-corrected chi connectivity index (χ4v) is 2.86. The average Bonchev–Trinajstić information content (AvgIpc) is 3.03. The van der Waals surface area contributed by atoms with Gasteiger partial charge in [0.25, 0.3) is 0 Å². The van der Waals surface area contributed by atoms with E-state index in [4.69, 9.17) is 14.3 Å². The lowest BCUT2D eigenvalue weighted by Gasteiger charge is -2.07. The van der Waals surface area contributed by atoms with Crippen molar-refractivity contribution >= 4 is 44.6 Å². The molecule has 0 bridgehead atoms. The third-order valence-electron chi connectivity index (χ3n) is 3.85. The summed E-state index contributed by atoms with van der Waals surface area (Å²) in [7, 11) is 3.08. The molecule has 150 valence electrons. The van der Waals surface area contributed by atoms with E-state index in [0.717, 1.165) is 4.47 Å². The molecule has 0 aliphatic rings. The number of halogens is 1. The van der Waals surface area contributed by atoms with Gasteiger partial charge in [0.05, 0.1) is 26.0 Å². The number of azo groups is 1. The zero-order chi connectivity index (χ0) is 20.8. The molecule has 0 aliphatic heterocycles. The van der Waals surface area contributed by atoms with Crippen molar-refractivity contribution in [1.82, 2.24) is 4.98 Å². The predicted molar refractivity (Wildman–Crippen MR) is 110 cm³/mol. The van der Waals surface area contributed by atoms with Crippen molar-refractivity contribution in [2.45, 2.75) is 0 Å². The number of carbonyl (C=O) groups excluding carboxylic acids is 1. The second kappa shape index (κ2) is 9.20. The summed E-state index contributed by atoms with van der Waals surface area (Å²) in [6, 6.07) is 10.5. The smallest absolute Gasteiger partial charge is 0.304 e. The maximum atomic E-state index is 11.9. The van der Waals surface area contributed by atoms with Crippen molar-refractivity contribution in [1.29, 1.82) is 0 Å². The molecule has 0 unspecified atom stereocenters. The summed E-state index contributed by atoms with van der Waals surface area (Å²) in [4.78, 5) is 19.6. The number of hydrogen-bond acceptors (Lipinski definition) is 7. The number of nitrogens with one attached hydrogen (secondary N) is 1. The Kier molecular flexibility index (Phi) is 6.45. The van der Waals surface area contributed by atoms with Gasteiger partial charge in [0.2, 0.25) is 5.88 Å². The molecule has 2 aromatic carbocycles. The van der Waals surface area contributed by atoms with Crippen LogP contribution in [0.5, 0.6) is 17.4 Å². The van der Waals surface area contributed by atoms with Crippen molar-refractivity contribution in [2.24, 2.45) is 15.4 Å². The van der Waals surface area contributed by atoms with Gasteiger partial charge in [-0.15, -0.1) is 10.2 Å². The summed E-state index contributed by atoms with van der Waals surface area (Å²) in [5.41, 5.74) is 1.54. The van der Waals surface area contributed by atoms with Gasteiger partial charge < -0.3 is 24.4 Å². The number of benzene rings is 2. The van der Waals surface area contributed by atoms with E-state index < -0.39 is 12.5 Å². The third-order valence-corrected chi connectivity index (χ3v) is 4.34. The van der Waals surface area contributed by atoms with E-state index in [0.29, 0.717) is 28.0 Å². The van der Waals surface area contributed by atoms with Crippen molar-refractivity contribution in [3.63, 3.8) is 0 Å². The maximum absolute atomic E-state index is 11.9. The van der Waals surface area contributed by atoms with Crippen molar-refractivity contribution in [3.05, 3.63) is 46.4 Å². The minimum Gasteiger partial charge on any atom is -0.493 e.